The molecule has 0 saturated heterocycles. The van der Waals surface area contributed by atoms with Crippen LogP contribution in [0.25, 0.3) is 11.8 Å². The van der Waals surface area contributed by atoms with Crippen molar-refractivity contribution < 1.29 is 9.53 Å². The zero-order chi connectivity index (χ0) is 15.7. The van der Waals surface area contributed by atoms with E-state index in [1.807, 2.05) is 0 Å². The molecule has 0 atom stereocenters. The molecule has 1 aliphatic heterocycles. The Bertz CT molecular complexity index is 805. The Kier molecular flexibility index (Phi) is 4.25. The van der Waals surface area contributed by atoms with Gasteiger partial charge in [0.15, 0.2) is 0 Å². The fourth-order valence-corrected chi connectivity index (χ4v) is 2.46. The molecule has 0 aromatic heterocycles. The van der Waals surface area contributed by atoms with Crippen molar-refractivity contribution in [1.82, 2.24) is 0 Å². The predicted molar refractivity (Wildman–Crippen MR) is 90.0 cm³/mol. The molecule has 0 bridgehead atoms. The van der Waals surface area contributed by atoms with Gasteiger partial charge in [-0.2, -0.15) is 0 Å². The molecule has 3 rings (SSSR count). The predicted octanol–water partition coefficient (Wildman–Crippen LogP) is 5.63. The van der Waals surface area contributed by atoms with Gasteiger partial charge in [-0.05, 0) is 54.1 Å². The Hall–Kier alpha value is -1.74. The number of benzene rings is 2. The minimum atomic E-state index is -0.406. The van der Waals surface area contributed by atoms with Crippen LogP contribution in [-0.4, -0.2) is 5.97 Å². The number of cyclic esters (lactones) is 1. The minimum Gasteiger partial charge on any atom is -0.422 e. The number of esters is 1. The maximum Gasteiger partial charge on any atom is 0.343 e. The topological polar surface area (TPSA) is 26.3 Å². The van der Waals surface area contributed by atoms with Gasteiger partial charge in [-0.1, -0.05) is 40.9 Å². The average Bonchev–Trinajstić information content (AvgIpc) is 2.85. The van der Waals surface area contributed by atoms with Crippen molar-refractivity contribution in [2.75, 3.05) is 0 Å². The summed E-state index contributed by atoms with van der Waals surface area (Å²) < 4.78 is 5.28. The monoisotopic (exact) mass is 350 g/mol. The van der Waals surface area contributed by atoms with Crippen molar-refractivity contribution in [3.8, 4) is 0 Å². The van der Waals surface area contributed by atoms with E-state index >= 15 is 0 Å². The summed E-state index contributed by atoms with van der Waals surface area (Å²) >= 11 is 17.7. The van der Waals surface area contributed by atoms with Crippen LogP contribution in [0.5, 0.6) is 0 Å². The molecule has 1 aliphatic rings. The smallest absolute Gasteiger partial charge is 0.343 e. The van der Waals surface area contributed by atoms with Gasteiger partial charge in [0.1, 0.15) is 5.76 Å². The van der Waals surface area contributed by atoms with Gasteiger partial charge in [-0.3, -0.25) is 0 Å². The van der Waals surface area contributed by atoms with E-state index in [1.165, 1.54) is 0 Å². The number of hydrogen-bond donors (Lipinski definition) is 0. The highest BCUT2D eigenvalue weighted by Crippen LogP contribution is 2.29. The molecule has 0 N–H and O–H groups in total. The van der Waals surface area contributed by atoms with Crippen molar-refractivity contribution in [3.63, 3.8) is 0 Å². The van der Waals surface area contributed by atoms with Gasteiger partial charge in [0.05, 0.1) is 15.6 Å². The van der Waals surface area contributed by atoms with Crippen LogP contribution in [-0.2, 0) is 9.53 Å². The average molecular weight is 352 g/mol. The van der Waals surface area contributed by atoms with Crippen LogP contribution in [0.15, 0.2) is 54.1 Å². The highest BCUT2D eigenvalue weighted by molar-refractivity contribution is 6.42. The summed E-state index contributed by atoms with van der Waals surface area (Å²) in [4.78, 5) is 12.0. The van der Waals surface area contributed by atoms with Gasteiger partial charge in [-0.15, -0.1) is 0 Å². The standard InChI is InChI=1S/C17H9Cl3O2/c18-13-4-2-11(3-5-13)16-9-12(17(21)22-16)7-10-1-6-14(19)15(20)8-10/h1-9H/b12-7+. The number of ether oxygens (including phenoxy) is 1. The summed E-state index contributed by atoms with van der Waals surface area (Å²) in [7, 11) is 0. The van der Waals surface area contributed by atoms with Gasteiger partial charge < -0.3 is 4.74 Å². The van der Waals surface area contributed by atoms with Crippen LogP contribution in [0.2, 0.25) is 15.1 Å². The Labute approximate surface area is 142 Å². The molecule has 2 aromatic carbocycles. The first-order valence-electron chi connectivity index (χ1n) is 6.39. The minimum absolute atomic E-state index is 0.406. The summed E-state index contributed by atoms with van der Waals surface area (Å²) in [6, 6.07) is 12.2. The Balaban J connectivity index is 1.93. The maximum atomic E-state index is 12.0. The van der Waals surface area contributed by atoms with Gasteiger partial charge in [0.25, 0.3) is 0 Å². The van der Waals surface area contributed by atoms with E-state index in [9.17, 15) is 4.79 Å². The first-order chi connectivity index (χ1) is 10.5. The molecule has 0 aliphatic carbocycles. The third-order valence-corrected chi connectivity index (χ3v) is 4.11. The largest absolute Gasteiger partial charge is 0.422 e. The molecule has 0 unspecified atom stereocenters. The van der Waals surface area contributed by atoms with E-state index in [0.717, 1.165) is 11.1 Å². The van der Waals surface area contributed by atoms with Crippen molar-refractivity contribution in [1.29, 1.82) is 0 Å². The molecule has 0 fully saturated rings. The first kappa shape index (κ1) is 15.2. The lowest BCUT2D eigenvalue weighted by molar-refractivity contribution is -0.130. The Morgan fingerprint density at radius 3 is 2.32 bits per heavy atom. The molecule has 0 spiro atoms. The molecule has 0 amide bonds. The van der Waals surface area contributed by atoms with Crippen molar-refractivity contribution >= 4 is 52.6 Å². The molecule has 5 heteroatoms. The number of rotatable bonds is 2. The summed E-state index contributed by atoms with van der Waals surface area (Å²) in [6.07, 6.45) is 3.39. The highest BCUT2D eigenvalue weighted by atomic mass is 35.5. The molecule has 22 heavy (non-hydrogen) atoms. The van der Waals surface area contributed by atoms with Crippen molar-refractivity contribution in [2.24, 2.45) is 0 Å². The van der Waals surface area contributed by atoms with E-state index in [4.69, 9.17) is 39.5 Å². The van der Waals surface area contributed by atoms with Crippen LogP contribution in [0.3, 0.4) is 0 Å². The Morgan fingerprint density at radius 1 is 0.909 bits per heavy atom. The third-order valence-electron chi connectivity index (χ3n) is 3.12. The van der Waals surface area contributed by atoms with Gasteiger partial charge in [0.2, 0.25) is 0 Å². The quantitative estimate of drug-likeness (QED) is 0.518. The molecule has 1 heterocycles. The van der Waals surface area contributed by atoms with Gasteiger partial charge in [-0.25, -0.2) is 4.79 Å². The molecule has 2 aromatic rings. The third kappa shape index (κ3) is 3.20. The van der Waals surface area contributed by atoms with E-state index in [-0.39, 0.29) is 0 Å². The normalized spacial score (nSPS) is 15.9. The van der Waals surface area contributed by atoms with E-state index in [2.05, 4.69) is 0 Å². The number of halogens is 3. The second-order valence-corrected chi connectivity index (χ2v) is 5.93. The van der Waals surface area contributed by atoms with E-state index in [0.29, 0.717) is 26.4 Å². The zero-order valence-corrected chi connectivity index (χ0v) is 13.4. The highest BCUT2D eigenvalue weighted by Gasteiger charge is 2.21. The zero-order valence-electron chi connectivity index (χ0n) is 11.1. The SMILES string of the molecule is O=C1OC(c2ccc(Cl)cc2)=C/C1=C\c1ccc(Cl)c(Cl)c1. The van der Waals surface area contributed by atoms with Crippen molar-refractivity contribution in [2.45, 2.75) is 0 Å². The molecular formula is C17H9Cl3O2. The Morgan fingerprint density at radius 2 is 1.64 bits per heavy atom. The van der Waals surface area contributed by atoms with Gasteiger partial charge >= 0.3 is 5.97 Å². The lowest BCUT2D eigenvalue weighted by Gasteiger charge is -2.01. The number of hydrogen-bond acceptors (Lipinski definition) is 2. The van der Waals surface area contributed by atoms with Crippen LogP contribution >= 0.6 is 34.8 Å². The summed E-state index contributed by atoms with van der Waals surface area (Å²) in [5.41, 5.74) is 2.01. The second kappa shape index (κ2) is 6.17. The molecular weight excluding hydrogens is 343 g/mol. The number of carbonyl (C=O) groups is 1. The summed E-state index contributed by atoms with van der Waals surface area (Å²) in [6.45, 7) is 0. The van der Waals surface area contributed by atoms with Gasteiger partial charge in [0, 0.05) is 10.6 Å². The second-order valence-electron chi connectivity index (χ2n) is 4.68. The number of carbonyl (C=O) groups excluding carboxylic acids is 1. The molecule has 110 valence electrons. The molecule has 2 nitrogen and oxygen atoms in total. The fourth-order valence-electron chi connectivity index (χ4n) is 2.03. The molecule has 0 saturated carbocycles. The fraction of sp³-hybridized carbons (Fsp3) is 0. The lowest BCUT2D eigenvalue weighted by atomic mass is 10.1. The lowest BCUT2D eigenvalue weighted by Crippen LogP contribution is -1.97. The van der Waals surface area contributed by atoms with E-state index in [1.54, 1.807) is 54.6 Å². The summed E-state index contributed by atoms with van der Waals surface area (Å²) in [5.74, 6) is 0.0870. The maximum absolute atomic E-state index is 12.0. The summed E-state index contributed by atoms with van der Waals surface area (Å²) in [5, 5.41) is 1.53. The molecule has 0 radical (unpaired) electrons. The van der Waals surface area contributed by atoms with Crippen LogP contribution < -0.4 is 0 Å². The van der Waals surface area contributed by atoms with Crippen LogP contribution in [0.1, 0.15) is 11.1 Å². The first-order valence-corrected chi connectivity index (χ1v) is 7.53. The van der Waals surface area contributed by atoms with Crippen LogP contribution in [0, 0.1) is 0 Å². The van der Waals surface area contributed by atoms with E-state index < -0.39 is 5.97 Å². The van der Waals surface area contributed by atoms with Crippen LogP contribution in [0.4, 0.5) is 0 Å². The van der Waals surface area contributed by atoms with Crippen molar-refractivity contribution in [3.05, 3.63) is 80.3 Å².